The molecule has 0 spiro atoms. The van der Waals surface area contributed by atoms with E-state index in [0.29, 0.717) is 23.0 Å². The van der Waals surface area contributed by atoms with E-state index in [1.165, 1.54) is 12.5 Å². The summed E-state index contributed by atoms with van der Waals surface area (Å²) in [5, 5.41) is 3.39. The number of aromatic amines is 1. The van der Waals surface area contributed by atoms with Crippen LogP contribution in [0.2, 0.25) is 5.02 Å². The number of halogens is 1. The van der Waals surface area contributed by atoms with Crippen LogP contribution in [0.3, 0.4) is 0 Å². The van der Waals surface area contributed by atoms with Crippen molar-refractivity contribution in [2.45, 2.75) is 12.8 Å². The van der Waals surface area contributed by atoms with E-state index in [1.54, 1.807) is 18.5 Å². The van der Waals surface area contributed by atoms with Crippen LogP contribution in [0.25, 0.3) is 11.2 Å². The third-order valence-electron chi connectivity index (χ3n) is 4.27. The molecule has 0 aliphatic carbocycles. The molecule has 128 valence electrons. The standard InChI is InChI=1S/C16H16ClN7O/c17-11-3-4-12(18-6-11)23-16(25)10-2-1-5-24(7-10)15-13-14(20-8-19-13)21-9-22-15/h3-4,6,8-10H,1-2,5,7H2,(H,18,23,25)(H,19,20,21,22). The van der Waals surface area contributed by atoms with Crippen LogP contribution in [0.15, 0.2) is 31.0 Å². The second-order valence-electron chi connectivity index (χ2n) is 5.93. The van der Waals surface area contributed by atoms with Gasteiger partial charge < -0.3 is 15.2 Å². The van der Waals surface area contributed by atoms with Crippen LogP contribution < -0.4 is 10.2 Å². The molecule has 25 heavy (non-hydrogen) atoms. The molecule has 8 nitrogen and oxygen atoms in total. The number of nitrogens with zero attached hydrogens (tertiary/aromatic N) is 5. The van der Waals surface area contributed by atoms with Crippen molar-refractivity contribution in [2.75, 3.05) is 23.3 Å². The molecule has 3 aromatic rings. The van der Waals surface area contributed by atoms with E-state index in [4.69, 9.17) is 11.6 Å². The lowest BCUT2D eigenvalue weighted by molar-refractivity contribution is -0.120. The third-order valence-corrected chi connectivity index (χ3v) is 4.50. The Morgan fingerprint density at radius 1 is 1.28 bits per heavy atom. The van der Waals surface area contributed by atoms with Gasteiger partial charge in [-0.1, -0.05) is 11.6 Å². The number of carbonyl (C=O) groups excluding carboxylic acids is 1. The first-order chi connectivity index (χ1) is 12.2. The molecule has 0 radical (unpaired) electrons. The van der Waals surface area contributed by atoms with Crippen LogP contribution >= 0.6 is 11.6 Å². The van der Waals surface area contributed by atoms with Crippen LogP contribution in [-0.4, -0.2) is 43.9 Å². The molecule has 1 aliphatic rings. The minimum Gasteiger partial charge on any atom is -0.354 e. The molecule has 1 saturated heterocycles. The van der Waals surface area contributed by atoms with Gasteiger partial charge in [-0.2, -0.15) is 0 Å². The lowest BCUT2D eigenvalue weighted by Crippen LogP contribution is -2.41. The molecule has 0 aromatic carbocycles. The number of imidazole rings is 1. The average molecular weight is 358 g/mol. The number of carbonyl (C=O) groups is 1. The zero-order chi connectivity index (χ0) is 17.2. The summed E-state index contributed by atoms with van der Waals surface area (Å²) in [5.74, 6) is 1.10. The first-order valence-electron chi connectivity index (χ1n) is 8.02. The van der Waals surface area contributed by atoms with E-state index in [-0.39, 0.29) is 11.8 Å². The smallest absolute Gasteiger partial charge is 0.230 e. The van der Waals surface area contributed by atoms with Gasteiger partial charge in [0.1, 0.15) is 17.7 Å². The first-order valence-corrected chi connectivity index (χ1v) is 8.40. The molecular weight excluding hydrogens is 342 g/mol. The normalized spacial score (nSPS) is 17.6. The second-order valence-corrected chi connectivity index (χ2v) is 6.37. The number of aromatic nitrogens is 5. The van der Waals surface area contributed by atoms with Gasteiger partial charge >= 0.3 is 0 Å². The molecule has 1 unspecified atom stereocenters. The summed E-state index contributed by atoms with van der Waals surface area (Å²) < 4.78 is 0. The minimum absolute atomic E-state index is 0.0468. The maximum atomic E-state index is 12.6. The Morgan fingerprint density at radius 3 is 3.04 bits per heavy atom. The van der Waals surface area contributed by atoms with Crippen LogP contribution in [-0.2, 0) is 4.79 Å². The van der Waals surface area contributed by atoms with E-state index in [1.807, 2.05) is 0 Å². The lowest BCUT2D eigenvalue weighted by Gasteiger charge is -2.32. The SMILES string of the molecule is O=C(Nc1ccc(Cl)cn1)C1CCCN(c2ncnc3nc[nH]c23)C1. The van der Waals surface area contributed by atoms with Crippen molar-refractivity contribution in [3.05, 3.63) is 36.0 Å². The van der Waals surface area contributed by atoms with Crippen molar-refractivity contribution in [1.82, 2.24) is 24.9 Å². The van der Waals surface area contributed by atoms with Gasteiger partial charge in [-0.05, 0) is 25.0 Å². The highest BCUT2D eigenvalue weighted by molar-refractivity contribution is 6.30. The number of rotatable bonds is 3. The van der Waals surface area contributed by atoms with Crippen LogP contribution in [0.4, 0.5) is 11.6 Å². The first kappa shape index (κ1) is 15.8. The summed E-state index contributed by atoms with van der Waals surface area (Å²) in [4.78, 5) is 34.5. The fourth-order valence-electron chi connectivity index (χ4n) is 3.05. The van der Waals surface area contributed by atoms with Gasteiger partial charge in [0.25, 0.3) is 0 Å². The number of piperidine rings is 1. The molecule has 4 heterocycles. The topological polar surface area (TPSA) is 99.7 Å². The predicted octanol–water partition coefficient (Wildman–Crippen LogP) is 2.26. The second kappa shape index (κ2) is 6.64. The summed E-state index contributed by atoms with van der Waals surface area (Å²) >= 11 is 5.82. The number of nitrogens with one attached hydrogen (secondary N) is 2. The molecule has 0 bridgehead atoms. The number of anilines is 2. The van der Waals surface area contributed by atoms with E-state index in [2.05, 4.69) is 35.1 Å². The Morgan fingerprint density at radius 2 is 2.20 bits per heavy atom. The molecule has 9 heteroatoms. The Labute approximate surface area is 148 Å². The molecule has 4 rings (SSSR count). The van der Waals surface area contributed by atoms with Gasteiger partial charge in [0.05, 0.1) is 17.3 Å². The zero-order valence-corrected chi connectivity index (χ0v) is 14.1. The lowest BCUT2D eigenvalue weighted by atomic mass is 9.97. The van der Waals surface area contributed by atoms with Gasteiger partial charge in [-0.3, -0.25) is 4.79 Å². The predicted molar refractivity (Wildman–Crippen MR) is 94.5 cm³/mol. The van der Waals surface area contributed by atoms with E-state index < -0.39 is 0 Å². The average Bonchev–Trinajstić information content (AvgIpc) is 3.12. The molecule has 1 fully saturated rings. The molecule has 3 aromatic heterocycles. The molecule has 1 amide bonds. The highest BCUT2D eigenvalue weighted by Gasteiger charge is 2.28. The van der Waals surface area contributed by atoms with Crippen LogP contribution in [0.5, 0.6) is 0 Å². The molecule has 2 N–H and O–H groups in total. The minimum atomic E-state index is -0.140. The Hall–Kier alpha value is -2.74. The summed E-state index contributed by atoms with van der Waals surface area (Å²) in [6.45, 7) is 1.43. The maximum absolute atomic E-state index is 12.6. The Balaban J connectivity index is 1.50. The highest BCUT2D eigenvalue weighted by Crippen LogP contribution is 2.26. The van der Waals surface area contributed by atoms with Gasteiger partial charge in [0, 0.05) is 19.3 Å². The van der Waals surface area contributed by atoms with E-state index in [0.717, 1.165) is 30.7 Å². The van der Waals surface area contributed by atoms with Crippen LogP contribution in [0, 0.1) is 5.92 Å². The molecule has 0 saturated carbocycles. The van der Waals surface area contributed by atoms with Crippen molar-refractivity contribution >= 4 is 40.3 Å². The summed E-state index contributed by atoms with van der Waals surface area (Å²) in [7, 11) is 0. The summed E-state index contributed by atoms with van der Waals surface area (Å²) in [5.41, 5.74) is 1.42. The number of hydrogen-bond acceptors (Lipinski definition) is 6. The van der Waals surface area contributed by atoms with E-state index >= 15 is 0 Å². The van der Waals surface area contributed by atoms with E-state index in [9.17, 15) is 4.79 Å². The molecule has 1 atom stereocenters. The van der Waals surface area contributed by atoms with Crippen molar-refractivity contribution < 1.29 is 4.79 Å². The Kier molecular flexibility index (Phi) is 4.19. The molecular formula is C16H16ClN7O. The monoisotopic (exact) mass is 357 g/mol. The number of fused-ring (bicyclic) bond motifs is 1. The van der Waals surface area contributed by atoms with Gasteiger partial charge in [0.2, 0.25) is 5.91 Å². The fraction of sp³-hybridized carbons (Fsp3) is 0.312. The van der Waals surface area contributed by atoms with Crippen molar-refractivity contribution in [1.29, 1.82) is 0 Å². The van der Waals surface area contributed by atoms with Crippen LogP contribution in [0.1, 0.15) is 12.8 Å². The highest BCUT2D eigenvalue weighted by atomic mass is 35.5. The van der Waals surface area contributed by atoms with Gasteiger partial charge in [-0.25, -0.2) is 19.9 Å². The Bertz CT molecular complexity index is 895. The number of hydrogen-bond donors (Lipinski definition) is 2. The quantitative estimate of drug-likeness (QED) is 0.745. The summed E-state index contributed by atoms with van der Waals surface area (Å²) in [6, 6.07) is 3.40. The van der Waals surface area contributed by atoms with Crippen molar-refractivity contribution in [2.24, 2.45) is 5.92 Å². The number of pyridine rings is 1. The van der Waals surface area contributed by atoms with Crippen molar-refractivity contribution in [3.63, 3.8) is 0 Å². The number of amides is 1. The fourth-order valence-corrected chi connectivity index (χ4v) is 3.17. The van der Waals surface area contributed by atoms with Gasteiger partial charge in [0.15, 0.2) is 11.5 Å². The third kappa shape index (κ3) is 3.25. The summed E-state index contributed by atoms with van der Waals surface area (Å²) in [6.07, 6.45) is 6.35. The van der Waals surface area contributed by atoms with Crippen molar-refractivity contribution in [3.8, 4) is 0 Å². The maximum Gasteiger partial charge on any atom is 0.230 e. The number of H-pyrrole nitrogens is 1. The largest absolute Gasteiger partial charge is 0.354 e. The molecule has 1 aliphatic heterocycles. The zero-order valence-electron chi connectivity index (χ0n) is 13.3. The van der Waals surface area contributed by atoms with Gasteiger partial charge in [-0.15, -0.1) is 0 Å².